The van der Waals surface area contributed by atoms with Crippen LogP contribution < -0.4 is 16.6 Å². The van der Waals surface area contributed by atoms with Gasteiger partial charge in [-0.1, -0.05) is 0 Å². The molecule has 0 spiro atoms. The minimum atomic E-state index is -0.584. The summed E-state index contributed by atoms with van der Waals surface area (Å²) in [5.74, 6) is 4.86. The number of nitrogens with two attached hydrogens (primary N) is 1. The molecule has 1 aliphatic carbocycles. The minimum Gasteiger partial charge on any atom is -0.379 e. The van der Waals surface area contributed by atoms with Gasteiger partial charge in [0.25, 0.3) is 11.6 Å². The highest BCUT2D eigenvalue weighted by Crippen LogP contribution is 2.26. The molecule has 4 N–H and O–H groups in total. The van der Waals surface area contributed by atoms with Crippen LogP contribution in [0.4, 0.5) is 11.4 Å². The van der Waals surface area contributed by atoms with Gasteiger partial charge >= 0.3 is 0 Å². The van der Waals surface area contributed by atoms with Gasteiger partial charge in [-0.3, -0.25) is 20.8 Å². The van der Waals surface area contributed by atoms with Crippen LogP contribution in [-0.4, -0.2) is 30.1 Å². The van der Waals surface area contributed by atoms with Crippen LogP contribution in [0, 0.1) is 10.1 Å². The fourth-order valence-corrected chi connectivity index (χ4v) is 2.57. The highest BCUT2D eigenvalue weighted by molar-refractivity contribution is 5.96. The van der Waals surface area contributed by atoms with E-state index in [1.165, 1.54) is 18.2 Å². The first kappa shape index (κ1) is 15.2. The molecule has 114 valence electrons. The third-order valence-corrected chi connectivity index (χ3v) is 3.68. The summed E-state index contributed by atoms with van der Waals surface area (Å²) in [6.45, 7) is 0. The third kappa shape index (κ3) is 3.29. The van der Waals surface area contributed by atoms with E-state index in [2.05, 4.69) is 10.7 Å². The molecule has 0 bridgehead atoms. The average Bonchev–Trinajstić information content (AvgIpc) is 2.93. The second kappa shape index (κ2) is 6.51. The number of hydrogen-bond acceptors (Lipinski definition) is 6. The first-order valence-electron chi connectivity index (χ1n) is 6.65. The molecule has 0 aromatic heterocycles. The normalized spacial score (nSPS) is 21.0. The number of nitro benzene ring substituents is 1. The van der Waals surface area contributed by atoms with Crippen LogP contribution in [-0.2, 0) is 4.74 Å². The van der Waals surface area contributed by atoms with E-state index >= 15 is 0 Å². The number of nitro groups is 1. The monoisotopic (exact) mass is 294 g/mol. The summed E-state index contributed by atoms with van der Waals surface area (Å²) < 4.78 is 5.31. The van der Waals surface area contributed by atoms with Gasteiger partial charge in [0.1, 0.15) is 5.69 Å². The van der Waals surface area contributed by atoms with Gasteiger partial charge < -0.3 is 15.5 Å². The Morgan fingerprint density at radius 1 is 1.48 bits per heavy atom. The van der Waals surface area contributed by atoms with Crippen molar-refractivity contribution in [2.45, 2.75) is 31.4 Å². The number of nitrogen functional groups attached to an aromatic ring is 1. The molecule has 2 rings (SSSR count). The SMILES string of the molecule is COC1CCCC1NC(=O)c1ccc(NN)c([N+](=O)[O-])c1. The summed E-state index contributed by atoms with van der Waals surface area (Å²) >= 11 is 0. The number of hydrogen-bond donors (Lipinski definition) is 3. The van der Waals surface area contributed by atoms with Crippen molar-refractivity contribution in [2.75, 3.05) is 12.5 Å². The van der Waals surface area contributed by atoms with Crippen molar-refractivity contribution in [3.05, 3.63) is 33.9 Å². The molecule has 1 fully saturated rings. The van der Waals surface area contributed by atoms with Crippen molar-refractivity contribution in [3.8, 4) is 0 Å². The number of nitrogens with one attached hydrogen (secondary N) is 2. The van der Waals surface area contributed by atoms with Gasteiger partial charge in [-0.15, -0.1) is 0 Å². The number of benzene rings is 1. The lowest BCUT2D eigenvalue weighted by Gasteiger charge is -2.19. The zero-order valence-corrected chi connectivity index (χ0v) is 11.7. The zero-order valence-electron chi connectivity index (χ0n) is 11.7. The smallest absolute Gasteiger partial charge is 0.294 e. The second-order valence-electron chi connectivity index (χ2n) is 4.92. The molecule has 1 aromatic carbocycles. The number of ether oxygens (including phenoxy) is 1. The lowest BCUT2D eigenvalue weighted by molar-refractivity contribution is -0.384. The third-order valence-electron chi connectivity index (χ3n) is 3.68. The summed E-state index contributed by atoms with van der Waals surface area (Å²) in [6.07, 6.45) is 2.72. The van der Waals surface area contributed by atoms with Crippen molar-refractivity contribution in [1.29, 1.82) is 0 Å². The summed E-state index contributed by atoms with van der Waals surface area (Å²) in [6, 6.07) is 4.05. The molecule has 1 amide bonds. The van der Waals surface area contributed by atoms with Crippen molar-refractivity contribution < 1.29 is 14.5 Å². The first-order chi connectivity index (χ1) is 10.1. The van der Waals surface area contributed by atoms with Crippen LogP contribution in [0.5, 0.6) is 0 Å². The first-order valence-corrected chi connectivity index (χ1v) is 6.65. The summed E-state index contributed by atoms with van der Waals surface area (Å²) in [4.78, 5) is 22.6. The molecular weight excluding hydrogens is 276 g/mol. The number of amides is 1. The largest absolute Gasteiger partial charge is 0.379 e. The second-order valence-corrected chi connectivity index (χ2v) is 4.92. The molecule has 21 heavy (non-hydrogen) atoms. The number of rotatable bonds is 5. The molecule has 1 aliphatic rings. The Morgan fingerprint density at radius 2 is 2.24 bits per heavy atom. The zero-order chi connectivity index (χ0) is 15.4. The maximum absolute atomic E-state index is 12.2. The van der Waals surface area contributed by atoms with Crippen LogP contribution >= 0.6 is 0 Å². The Balaban J connectivity index is 2.16. The van der Waals surface area contributed by atoms with E-state index in [0.29, 0.717) is 0 Å². The van der Waals surface area contributed by atoms with Crippen molar-refractivity contribution in [1.82, 2.24) is 5.32 Å². The number of carbonyl (C=O) groups is 1. The van der Waals surface area contributed by atoms with Gasteiger partial charge in [-0.05, 0) is 31.4 Å². The molecule has 0 saturated heterocycles. The fraction of sp³-hybridized carbons (Fsp3) is 0.462. The van der Waals surface area contributed by atoms with Crippen molar-refractivity contribution in [3.63, 3.8) is 0 Å². The maximum Gasteiger partial charge on any atom is 0.294 e. The highest BCUT2D eigenvalue weighted by Gasteiger charge is 2.29. The lowest BCUT2D eigenvalue weighted by Crippen LogP contribution is -2.40. The number of hydrazine groups is 1. The average molecular weight is 294 g/mol. The van der Waals surface area contributed by atoms with Crippen LogP contribution in [0.3, 0.4) is 0 Å². The Hall–Kier alpha value is -2.19. The van der Waals surface area contributed by atoms with Crippen molar-refractivity contribution in [2.24, 2.45) is 5.84 Å². The van der Waals surface area contributed by atoms with Gasteiger partial charge in [-0.2, -0.15) is 0 Å². The molecule has 2 atom stereocenters. The molecule has 0 heterocycles. The summed E-state index contributed by atoms with van der Waals surface area (Å²) in [5.41, 5.74) is 2.39. The molecule has 8 heteroatoms. The van der Waals surface area contributed by atoms with Gasteiger partial charge in [-0.25, -0.2) is 0 Å². The topological polar surface area (TPSA) is 120 Å². The predicted molar refractivity (Wildman–Crippen MR) is 76.8 cm³/mol. The standard InChI is InChI=1S/C13H18N4O4/c1-21-12-4-2-3-10(12)15-13(18)8-5-6-9(16-14)11(7-8)17(19)20/h5-7,10,12,16H,2-4,14H2,1H3,(H,15,18). The summed E-state index contributed by atoms with van der Waals surface area (Å²) in [5, 5.41) is 13.8. The van der Waals surface area contributed by atoms with E-state index in [-0.39, 0.29) is 35.0 Å². The minimum absolute atomic E-state index is 0.00563. The van der Waals surface area contributed by atoms with Gasteiger partial charge in [0.2, 0.25) is 0 Å². The van der Waals surface area contributed by atoms with E-state index < -0.39 is 4.92 Å². The van der Waals surface area contributed by atoms with Gasteiger partial charge in [0.05, 0.1) is 17.1 Å². The number of methoxy groups -OCH3 is 1. The molecule has 1 saturated carbocycles. The molecular formula is C13H18N4O4. The van der Waals surface area contributed by atoms with Crippen LogP contribution in [0.25, 0.3) is 0 Å². The van der Waals surface area contributed by atoms with Crippen LogP contribution in [0.2, 0.25) is 0 Å². The maximum atomic E-state index is 12.2. The van der Waals surface area contributed by atoms with Gasteiger partial charge in [0.15, 0.2) is 0 Å². The summed E-state index contributed by atoms with van der Waals surface area (Å²) in [7, 11) is 1.61. The number of nitrogens with zero attached hydrogens (tertiary/aromatic N) is 1. The van der Waals surface area contributed by atoms with Crippen LogP contribution in [0.15, 0.2) is 18.2 Å². The Kier molecular flexibility index (Phi) is 4.71. The molecule has 0 aliphatic heterocycles. The number of anilines is 1. The molecule has 0 radical (unpaired) electrons. The van der Waals surface area contributed by atoms with Crippen LogP contribution in [0.1, 0.15) is 29.6 Å². The van der Waals surface area contributed by atoms with Crippen molar-refractivity contribution >= 4 is 17.3 Å². The fourth-order valence-electron chi connectivity index (χ4n) is 2.57. The van der Waals surface area contributed by atoms with E-state index in [4.69, 9.17) is 10.6 Å². The predicted octanol–water partition coefficient (Wildman–Crippen LogP) is 1.18. The van der Waals surface area contributed by atoms with Gasteiger partial charge in [0, 0.05) is 18.7 Å². The molecule has 1 aromatic rings. The van der Waals surface area contributed by atoms with E-state index in [9.17, 15) is 14.9 Å². The Labute approximate surface area is 121 Å². The van der Waals surface area contributed by atoms with E-state index in [1.54, 1.807) is 7.11 Å². The molecule has 8 nitrogen and oxygen atoms in total. The quantitative estimate of drug-likeness (QED) is 0.426. The number of carbonyl (C=O) groups excluding carboxylic acids is 1. The highest BCUT2D eigenvalue weighted by atomic mass is 16.6. The Bertz CT molecular complexity index is 549. The lowest BCUT2D eigenvalue weighted by atomic mass is 10.1. The van der Waals surface area contributed by atoms with E-state index in [0.717, 1.165) is 19.3 Å². The van der Waals surface area contributed by atoms with E-state index in [1.807, 2.05) is 0 Å². The molecule has 2 unspecified atom stereocenters. The Morgan fingerprint density at radius 3 is 2.86 bits per heavy atom.